The summed E-state index contributed by atoms with van der Waals surface area (Å²) in [4.78, 5) is 33.0. The average Bonchev–Trinajstić information content (AvgIpc) is 3.34. The summed E-state index contributed by atoms with van der Waals surface area (Å²) >= 11 is 0. The number of hydrogen-bond acceptors (Lipinski definition) is 4. The molecule has 33 heavy (non-hydrogen) atoms. The average molecular weight is 448 g/mol. The van der Waals surface area contributed by atoms with Crippen LogP contribution >= 0.6 is 0 Å². The molecule has 0 unspecified atom stereocenters. The van der Waals surface area contributed by atoms with E-state index in [1.807, 2.05) is 6.20 Å². The summed E-state index contributed by atoms with van der Waals surface area (Å²) in [5.74, 6) is -0.885. The van der Waals surface area contributed by atoms with E-state index >= 15 is 0 Å². The van der Waals surface area contributed by atoms with Gasteiger partial charge in [0, 0.05) is 29.4 Å². The molecule has 0 radical (unpaired) electrons. The maximum Gasteiger partial charge on any atom is 0.311 e. The van der Waals surface area contributed by atoms with E-state index in [0.717, 1.165) is 16.5 Å². The van der Waals surface area contributed by atoms with E-state index in [9.17, 15) is 14.0 Å². The fourth-order valence-electron chi connectivity index (χ4n) is 3.89. The molecule has 0 saturated heterocycles. The number of ether oxygens (including phenoxy) is 1. The SMILES string of the molecule is COC(=O)Cc1[nH]n(-c2ccc(F)cc2)c(=O)c1C(C)=NCCc1c[nH]c2ccc(C)cc12. The van der Waals surface area contributed by atoms with Gasteiger partial charge in [0.05, 0.1) is 30.5 Å². The van der Waals surface area contributed by atoms with Crippen molar-refractivity contribution in [1.29, 1.82) is 0 Å². The van der Waals surface area contributed by atoms with Crippen LogP contribution < -0.4 is 5.56 Å². The molecule has 4 aromatic rings. The maximum absolute atomic E-state index is 13.3. The number of halogens is 1. The van der Waals surface area contributed by atoms with Crippen molar-refractivity contribution in [2.75, 3.05) is 13.7 Å². The molecule has 0 fully saturated rings. The number of benzene rings is 2. The van der Waals surface area contributed by atoms with Crippen LogP contribution in [0.15, 0.2) is 58.4 Å². The number of H-pyrrole nitrogens is 2. The van der Waals surface area contributed by atoms with E-state index in [1.54, 1.807) is 6.92 Å². The Labute approximate surface area is 189 Å². The number of rotatable bonds is 7. The Hall–Kier alpha value is -3.94. The number of aryl methyl sites for hydroxylation is 1. The van der Waals surface area contributed by atoms with Crippen LogP contribution in [0.1, 0.15) is 29.3 Å². The van der Waals surface area contributed by atoms with Crippen LogP contribution in [-0.2, 0) is 22.4 Å². The molecular formula is C25H25FN4O3. The number of methoxy groups -OCH3 is 1. The lowest BCUT2D eigenvalue weighted by Gasteiger charge is -2.02. The summed E-state index contributed by atoms with van der Waals surface area (Å²) in [5, 5.41) is 4.12. The van der Waals surface area contributed by atoms with E-state index in [2.05, 4.69) is 40.2 Å². The fraction of sp³-hybridized carbons (Fsp3) is 0.240. The molecule has 0 aliphatic carbocycles. The highest BCUT2D eigenvalue weighted by Gasteiger charge is 2.20. The quantitative estimate of drug-likeness (QED) is 0.332. The Balaban J connectivity index is 1.64. The summed E-state index contributed by atoms with van der Waals surface area (Å²) in [5.41, 5.74) is 4.75. The third-order valence-electron chi connectivity index (χ3n) is 5.61. The monoisotopic (exact) mass is 448 g/mol. The summed E-state index contributed by atoms with van der Waals surface area (Å²) in [7, 11) is 1.29. The first-order valence-corrected chi connectivity index (χ1v) is 10.6. The van der Waals surface area contributed by atoms with E-state index in [0.29, 0.717) is 35.6 Å². The molecule has 7 nitrogen and oxygen atoms in total. The first-order valence-electron chi connectivity index (χ1n) is 10.6. The van der Waals surface area contributed by atoms with Crippen molar-refractivity contribution in [3.05, 3.63) is 87.2 Å². The molecule has 0 bridgehead atoms. The first kappa shape index (κ1) is 22.3. The highest BCUT2D eigenvalue weighted by atomic mass is 19.1. The van der Waals surface area contributed by atoms with Gasteiger partial charge in [-0.05, 0) is 62.2 Å². The molecule has 2 N–H and O–H groups in total. The molecule has 0 atom stereocenters. The van der Waals surface area contributed by atoms with Crippen molar-refractivity contribution < 1.29 is 13.9 Å². The largest absolute Gasteiger partial charge is 0.469 e. The molecule has 0 amide bonds. The molecule has 170 valence electrons. The number of carbonyl (C=O) groups is 1. The van der Waals surface area contributed by atoms with Gasteiger partial charge < -0.3 is 9.72 Å². The highest BCUT2D eigenvalue weighted by molar-refractivity contribution is 6.00. The minimum atomic E-state index is -0.481. The van der Waals surface area contributed by atoms with Gasteiger partial charge in [-0.3, -0.25) is 19.7 Å². The minimum Gasteiger partial charge on any atom is -0.469 e. The Morgan fingerprint density at radius 2 is 1.94 bits per heavy atom. The molecule has 0 saturated carbocycles. The third-order valence-corrected chi connectivity index (χ3v) is 5.61. The smallest absolute Gasteiger partial charge is 0.311 e. The van der Waals surface area contributed by atoms with Crippen molar-refractivity contribution in [2.45, 2.75) is 26.7 Å². The summed E-state index contributed by atoms with van der Waals surface area (Å²) in [6.45, 7) is 4.28. The van der Waals surface area contributed by atoms with Gasteiger partial charge in [0.25, 0.3) is 5.56 Å². The third kappa shape index (κ3) is 4.64. The van der Waals surface area contributed by atoms with Crippen molar-refractivity contribution in [3.63, 3.8) is 0 Å². The van der Waals surface area contributed by atoms with Crippen molar-refractivity contribution in [3.8, 4) is 5.69 Å². The van der Waals surface area contributed by atoms with E-state index in [1.165, 1.54) is 41.6 Å². The van der Waals surface area contributed by atoms with Crippen LogP contribution in [0.3, 0.4) is 0 Å². The summed E-state index contributed by atoms with van der Waals surface area (Å²) < 4.78 is 19.4. The number of carbonyl (C=O) groups excluding carboxylic acids is 1. The van der Waals surface area contributed by atoms with Crippen LogP contribution in [0.4, 0.5) is 4.39 Å². The van der Waals surface area contributed by atoms with Crippen molar-refractivity contribution in [2.24, 2.45) is 4.99 Å². The fourth-order valence-corrected chi connectivity index (χ4v) is 3.89. The Bertz CT molecular complexity index is 1390. The molecule has 0 aliphatic heterocycles. The van der Waals surface area contributed by atoms with E-state index < -0.39 is 11.8 Å². The summed E-state index contributed by atoms with van der Waals surface area (Å²) in [6, 6.07) is 11.8. The second-order valence-electron chi connectivity index (χ2n) is 7.92. The number of esters is 1. The van der Waals surface area contributed by atoms with Gasteiger partial charge in [0.15, 0.2) is 0 Å². The number of hydrogen-bond donors (Lipinski definition) is 2. The Morgan fingerprint density at radius 3 is 2.67 bits per heavy atom. The predicted molar refractivity (Wildman–Crippen MR) is 126 cm³/mol. The lowest BCUT2D eigenvalue weighted by atomic mass is 10.1. The predicted octanol–water partition coefficient (Wildman–Crippen LogP) is 3.86. The zero-order chi connectivity index (χ0) is 23.5. The minimum absolute atomic E-state index is 0.107. The number of aromatic amines is 2. The standard InChI is InChI=1S/C25H25FN4O3/c1-15-4-9-21-20(12-15)17(14-28-21)10-11-27-16(2)24-22(13-23(31)33-3)29-30(25(24)32)19-7-5-18(26)6-8-19/h4-9,12,14,28-29H,10-11,13H2,1-3H3. The molecule has 8 heteroatoms. The molecule has 2 aromatic heterocycles. The number of aliphatic imine (C=N–C) groups is 1. The molecule has 2 aromatic carbocycles. The maximum atomic E-state index is 13.3. The van der Waals surface area contributed by atoms with Gasteiger partial charge in [-0.15, -0.1) is 0 Å². The number of aromatic nitrogens is 3. The zero-order valence-electron chi connectivity index (χ0n) is 18.7. The van der Waals surface area contributed by atoms with Gasteiger partial charge in [-0.2, -0.15) is 0 Å². The second-order valence-corrected chi connectivity index (χ2v) is 7.92. The van der Waals surface area contributed by atoms with E-state index in [4.69, 9.17) is 4.74 Å². The molecule has 4 rings (SSSR count). The number of fused-ring (bicyclic) bond motifs is 1. The van der Waals surface area contributed by atoms with Gasteiger partial charge in [-0.1, -0.05) is 11.6 Å². The van der Waals surface area contributed by atoms with Crippen molar-refractivity contribution >= 4 is 22.6 Å². The molecular weight excluding hydrogens is 423 g/mol. The molecule has 2 heterocycles. The topological polar surface area (TPSA) is 92.2 Å². The van der Waals surface area contributed by atoms with Crippen molar-refractivity contribution in [1.82, 2.24) is 14.8 Å². The lowest BCUT2D eigenvalue weighted by molar-refractivity contribution is -0.139. The van der Waals surface area contributed by atoms with Crippen LogP contribution in [-0.4, -0.2) is 40.1 Å². The number of nitrogens with one attached hydrogen (secondary N) is 2. The Kier molecular flexibility index (Phi) is 6.26. The number of nitrogens with zero attached hydrogens (tertiary/aromatic N) is 2. The zero-order valence-corrected chi connectivity index (χ0v) is 18.7. The van der Waals surface area contributed by atoms with Gasteiger partial charge in [0.1, 0.15) is 5.82 Å². The molecule has 0 aliphatic rings. The van der Waals surface area contributed by atoms with Crippen LogP contribution in [0, 0.1) is 12.7 Å². The Morgan fingerprint density at radius 1 is 1.18 bits per heavy atom. The van der Waals surface area contributed by atoms with Gasteiger partial charge in [-0.25, -0.2) is 9.07 Å². The normalized spacial score (nSPS) is 11.8. The summed E-state index contributed by atoms with van der Waals surface area (Å²) in [6.07, 6.45) is 2.57. The van der Waals surface area contributed by atoms with E-state index in [-0.39, 0.29) is 12.0 Å². The van der Waals surface area contributed by atoms with Crippen LogP contribution in [0.25, 0.3) is 16.6 Å². The first-order chi connectivity index (χ1) is 15.9. The molecule has 0 spiro atoms. The highest BCUT2D eigenvalue weighted by Crippen LogP contribution is 2.20. The van der Waals surface area contributed by atoms with Crippen LogP contribution in [0.2, 0.25) is 0 Å². The van der Waals surface area contributed by atoms with Crippen LogP contribution in [0.5, 0.6) is 0 Å². The van der Waals surface area contributed by atoms with Gasteiger partial charge >= 0.3 is 5.97 Å². The van der Waals surface area contributed by atoms with Gasteiger partial charge in [0.2, 0.25) is 0 Å². The lowest BCUT2D eigenvalue weighted by Crippen LogP contribution is -2.20. The second kappa shape index (κ2) is 9.28.